The van der Waals surface area contributed by atoms with Gasteiger partial charge in [0, 0.05) is 5.92 Å². The van der Waals surface area contributed by atoms with E-state index in [1.54, 1.807) is 12.5 Å². The van der Waals surface area contributed by atoms with Crippen LogP contribution in [0.4, 0.5) is 0 Å². The summed E-state index contributed by atoms with van der Waals surface area (Å²) >= 11 is 0. The Hall–Kier alpha value is -1.11. The van der Waals surface area contributed by atoms with Gasteiger partial charge in [-0.25, -0.2) is 0 Å². The zero-order chi connectivity index (χ0) is 21.1. The van der Waals surface area contributed by atoms with Gasteiger partial charge in [-0.3, -0.25) is 4.79 Å². The van der Waals surface area contributed by atoms with Gasteiger partial charge in [-0.2, -0.15) is 0 Å². The van der Waals surface area contributed by atoms with Gasteiger partial charge in [0.25, 0.3) is 0 Å². The van der Waals surface area contributed by atoms with E-state index < -0.39 is 0 Å². The quantitative estimate of drug-likeness (QED) is 0.516. The molecule has 0 saturated heterocycles. The van der Waals surface area contributed by atoms with E-state index in [4.69, 9.17) is 0 Å². The Bertz CT molecular complexity index is 673. The highest BCUT2D eigenvalue weighted by Crippen LogP contribution is 2.59. The summed E-state index contributed by atoms with van der Waals surface area (Å²) in [5, 5.41) is 0. The molecule has 0 bridgehead atoms. The molecule has 158 valence electrons. The molecule has 0 heterocycles. The zero-order valence-corrected chi connectivity index (χ0v) is 19.8. The lowest BCUT2D eigenvalue weighted by Crippen LogP contribution is -2.49. The van der Waals surface area contributed by atoms with Crippen LogP contribution in [-0.4, -0.2) is 5.78 Å². The maximum Gasteiger partial charge on any atom is 0.136 e. The number of Topliss-reactive ketones (excluding diaryl/α,β-unsaturated/α-hetero) is 1. The van der Waals surface area contributed by atoms with Gasteiger partial charge < -0.3 is 0 Å². The van der Waals surface area contributed by atoms with Crippen LogP contribution in [0.1, 0.15) is 117 Å². The van der Waals surface area contributed by atoms with Gasteiger partial charge in [-0.1, -0.05) is 79.5 Å². The molecule has 1 aromatic carbocycles. The smallest absolute Gasteiger partial charge is 0.136 e. The number of aryl methyl sites for hydroxylation is 1. The summed E-state index contributed by atoms with van der Waals surface area (Å²) < 4.78 is 0. The number of fused-ring (bicyclic) bond motifs is 3. The van der Waals surface area contributed by atoms with Crippen molar-refractivity contribution in [1.82, 2.24) is 0 Å². The molecule has 2 aliphatic carbocycles. The molecule has 0 spiro atoms. The van der Waals surface area contributed by atoms with Crippen molar-refractivity contribution in [1.29, 1.82) is 0 Å². The molecule has 1 saturated carbocycles. The minimum atomic E-state index is 0.0217. The van der Waals surface area contributed by atoms with E-state index in [2.05, 4.69) is 59.7 Å². The molecule has 3 rings (SSSR count). The Balaban J connectivity index is 0.000000878. The van der Waals surface area contributed by atoms with E-state index in [1.165, 1.54) is 56.1 Å². The average Bonchev–Trinajstić information content (AvgIpc) is 2.60. The Labute approximate surface area is 174 Å². The second-order valence-corrected chi connectivity index (χ2v) is 10.6. The summed E-state index contributed by atoms with van der Waals surface area (Å²) in [4.78, 5) is 11.8. The molecular formula is C27H44O. The minimum Gasteiger partial charge on any atom is -0.299 e. The summed E-state index contributed by atoms with van der Waals surface area (Å²) in [5.74, 6) is 1.85. The maximum absolute atomic E-state index is 11.8. The predicted molar refractivity (Wildman–Crippen MR) is 122 cm³/mol. The van der Waals surface area contributed by atoms with Crippen molar-refractivity contribution in [3.05, 3.63) is 34.9 Å². The van der Waals surface area contributed by atoms with Gasteiger partial charge in [-0.15, -0.1) is 0 Å². The van der Waals surface area contributed by atoms with Crippen molar-refractivity contribution in [2.75, 3.05) is 0 Å². The molecule has 0 aliphatic heterocycles. The highest BCUT2D eigenvalue weighted by Gasteiger charge is 2.51. The van der Waals surface area contributed by atoms with Crippen molar-refractivity contribution < 1.29 is 4.79 Å². The number of hydrogen-bond donors (Lipinski definition) is 0. The molecule has 4 atom stereocenters. The van der Waals surface area contributed by atoms with Crippen molar-refractivity contribution in [2.45, 2.75) is 112 Å². The SMILES string of the molecule is CC(=O)C(C)c1ccc2c(c1)CCC1C(C)(CC(C)C)CCCC21C.CCC. The molecule has 0 aromatic heterocycles. The normalized spacial score (nSPS) is 30.0. The van der Waals surface area contributed by atoms with Crippen LogP contribution in [0.15, 0.2) is 18.2 Å². The standard InChI is InChI=1S/C24H36O.C3H8/c1-16(2)15-23(5)12-7-13-24(6)21-10-8-19(17(3)18(4)25)14-20(21)9-11-22(23)24;1-3-2/h8,10,14,16-17,22H,7,9,11-13,15H2,1-6H3;3H2,1-2H3. The molecule has 28 heavy (non-hydrogen) atoms. The van der Waals surface area contributed by atoms with Crippen molar-refractivity contribution >= 4 is 5.78 Å². The lowest BCUT2D eigenvalue weighted by Gasteiger charge is -2.56. The summed E-state index contributed by atoms with van der Waals surface area (Å²) in [5.41, 5.74) is 5.09. The van der Waals surface area contributed by atoms with Crippen LogP contribution in [0, 0.1) is 17.3 Å². The van der Waals surface area contributed by atoms with Crippen molar-refractivity contribution in [3.8, 4) is 0 Å². The Kier molecular flexibility index (Phi) is 7.56. The molecule has 4 unspecified atom stereocenters. The fourth-order valence-corrected chi connectivity index (χ4v) is 6.32. The van der Waals surface area contributed by atoms with E-state index in [-0.39, 0.29) is 11.7 Å². The minimum absolute atomic E-state index is 0.0217. The summed E-state index contributed by atoms with van der Waals surface area (Å²) in [6.45, 7) is 17.8. The third kappa shape index (κ3) is 4.55. The molecule has 1 heteroatoms. The molecular weight excluding hydrogens is 340 g/mol. The molecule has 0 radical (unpaired) electrons. The second kappa shape index (κ2) is 9.14. The Morgan fingerprint density at radius 2 is 1.79 bits per heavy atom. The van der Waals surface area contributed by atoms with Crippen LogP contribution >= 0.6 is 0 Å². The first-order valence-electron chi connectivity index (χ1n) is 11.7. The van der Waals surface area contributed by atoms with E-state index in [9.17, 15) is 4.79 Å². The monoisotopic (exact) mass is 384 g/mol. The summed E-state index contributed by atoms with van der Waals surface area (Å²) in [6, 6.07) is 6.95. The highest BCUT2D eigenvalue weighted by molar-refractivity contribution is 5.83. The van der Waals surface area contributed by atoms with Gasteiger partial charge in [0.05, 0.1) is 0 Å². The van der Waals surface area contributed by atoms with Gasteiger partial charge >= 0.3 is 0 Å². The van der Waals surface area contributed by atoms with E-state index in [1.807, 2.05) is 6.92 Å². The lowest BCUT2D eigenvalue weighted by atomic mass is 9.48. The van der Waals surface area contributed by atoms with Crippen LogP contribution in [0.3, 0.4) is 0 Å². The van der Waals surface area contributed by atoms with Crippen molar-refractivity contribution in [3.63, 3.8) is 0 Å². The molecule has 1 nitrogen and oxygen atoms in total. The fourth-order valence-electron chi connectivity index (χ4n) is 6.32. The molecule has 2 aliphatic rings. The lowest BCUT2D eigenvalue weighted by molar-refractivity contribution is -0.118. The maximum atomic E-state index is 11.8. The second-order valence-electron chi connectivity index (χ2n) is 10.6. The number of rotatable bonds is 4. The summed E-state index contributed by atoms with van der Waals surface area (Å²) in [7, 11) is 0. The number of carbonyl (C=O) groups is 1. The number of ketones is 1. The predicted octanol–water partition coefficient (Wildman–Crippen LogP) is 7.85. The third-order valence-corrected chi connectivity index (χ3v) is 7.49. The zero-order valence-electron chi connectivity index (χ0n) is 19.8. The molecule has 1 aromatic rings. The fraction of sp³-hybridized carbons (Fsp3) is 0.741. The first-order valence-corrected chi connectivity index (χ1v) is 11.7. The Morgan fingerprint density at radius 3 is 2.36 bits per heavy atom. The van der Waals surface area contributed by atoms with Gasteiger partial charge in [0.1, 0.15) is 5.78 Å². The Morgan fingerprint density at radius 1 is 1.14 bits per heavy atom. The van der Waals surface area contributed by atoms with Crippen LogP contribution in [0.5, 0.6) is 0 Å². The molecule has 0 amide bonds. The number of hydrogen-bond acceptors (Lipinski definition) is 1. The van der Waals surface area contributed by atoms with Crippen LogP contribution < -0.4 is 0 Å². The van der Waals surface area contributed by atoms with Crippen LogP contribution in [0.2, 0.25) is 0 Å². The molecule has 0 N–H and O–H groups in total. The third-order valence-electron chi connectivity index (χ3n) is 7.49. The van der Waals surface area contributed by atoms with Gasteiger partial charge in [0.15, 0.2) is 0 Å². The summed E-state index contributed by atoms with van der Waals surface area (Å²) in [6.07, 6.45) is 9.15. The average molecular weight is 385 g/mol. The van der Waals surface area contributed by atoms with E-state index >= 15 is 0 Å². The highest BCUT2D eigenvalue weighted by atomic mass is 16.1. The van der Waals surface area contributed by atoms with E-state index in [0.717, 1.165) is 11.8 Å². The van der Waals surface area contributed by atoms with Crippen LogP contribution in [0.25, 0.3) is 0 Å². The largest absolute Gasteiger partial charge is 0.299 e. The molecule has 1 fully saturated rings. The first kappa shape index (κ1) is 23.2. The first-order chi connectivity index (χ1) is 13.1. The van der Waals surface area contributed by atoms with Crippen LogP contribution in [-0.2, 0) is 16.6 Å². The van der Waals surface area contributed by atoms with Crippen molar-refractivity contribution in [2.24, 2.45) is 17.3 Å². The van der Waals surface area contributed by atoms with Gasteiger partial charge in [-0.05, 0) is 78.4 Å². The van der Waals surface area contributed by atoms with Gasteiger partial charge in [0.2, 0.25) is 0 Å². The van der Waals surface area contributed by atoms with E-state index in [0.29, 0.717) is 10.8 Å². The number of carbonyl (C=O) groups excluding carboxylic acids is 1. The topological polar surface area (TPSA) is 17.1 Å². The number of benzene rings is 1.